The molecule has 168 valence electrons. The Morgan fingerprint density at radius 2 is 1.79 bits per heavy atom. The Morgan fingerprint density at radius 3 is 2.39 bits per heavy atom. The second-order valence-corrected chi connectivity index (χ2v) is 8.03. The molecular weight excluding hydrogens is 416 g/mol. The van der Waals surface area contributed by atoms with Crippen LogP contribution >= 0.6 is 0 Å². The van der Waals surface area contributed by atoms with E-state index in [1.54, 1.807) is 23.9 Å². The maximum Gasteiger partial charge on any atom is 0.138 e. The fourth-order valence-corrected chi connectivity index (χ4v) is 3.77. The van der Waals surface area contributed by atoms with Crippen molar-refractivity contribution in [3.8, 4) is 34.8 Å². The highest BCUT2D eigenvalue weighted by Gasteiger charge is 2.27. The van der Waals surface area contributed by atoms with Gasteiger partial charge in [-0.2, -0.15) is 5.26 Å². The first-order chi connectivity index (χ1) is 16.1. The Hall–Kier alpha value is -3.62. The van der Waals surface area contributed by atoms with Crippen LogP contribution in [0.4, 0.5) is 0 Å². The highest BCUT2D eigenvalue weighted by molar-refractivity contribution is 5.65. The van der Waals surface area contributed by atoms with E-state index in [-0.39, 0.29) is 12.7 Å². The average Bonchev–Trinajstić information content (AvgIpc) is 3.29. The average molecular weight is 443 g/mol. The number of benzene rings is 2. The van der Waals surface area contributed by atoms with Crippen LogP contribution in [0.25, 0.3) is 11.1 Å². The summed E-state index contributed by atoms with van der Waals surface area (Å²) in [5.41, 5.74) is 2.98. The maximum absolute atomic E-state index is 9.83. The van der Waals surface area contributed by atoms with Gasteiger partial charge >= 0.3 is 0 Å². The molecule has 7 heteroatoms. The maximum atomic E-state index is 9.83. The molecule has 1 aliphatic heterocycles. The van der Waals surface area contributed by atoms with Gasteiger partial charge in [0.15, 0.2) is 0 Å². The smallest absolute Gasteiger partial charge is 0.138 e. The lowest BCUT2D eigenvalue weighted by atomic mass is 10.0. The number of nitriles is 1. The van der Waals surface area contributed by atoms with E-state index in [0.29, 0.717) is 12.4 Å². The van der Waals surface area contributed by atoms with Crippen molar-refractivity contribution in [1.29, 1.82) is 5.26 Å². The van der Waals surface area contributed by atoms with Crippen LogP contribution < -0.4 is 4.74 Å². The molecule has 1 saturated heterocycles. The molecule has 4 rings (SSSR count). The number of ether oxygens (including phenoxy) is 1. The second-order valence-electron chi connectivity index (χ2n) is 8.03. The zero-order chi connectivity index (χ0) is 23.2. The molecule has 1 aliphatic rings. The van der Waals surface area contributed by atoms with Crippen molar-refractivity contribution in [1.82, 2.24) is 14.5 Å². The van der Waals surface area contributed by atoms with E-state index in [2.05, 4.69) is 22.9 Å². The van der Waals surface area contributed by atoms with Crippen LogP contribution in [-0.4, -0.2) is 57.0 Å². The molecule has 0 spiro atoms. The number of aromatic nitrogens is 2. The van der Waals surface area contributed by atoms with Crippen molar-refractivity contribution >= 4 is 0 Å². The highest BCUT2D eigenvalue weighted by atomic mass is 16.5. The molecule has 2 atom stereocenters. The first kappa shape index (κ1) is 22.6. The van der Waals surface area contributed by atoms with E-state index in [0.717, 1.165) is 35.5 Å². The summed E-state index contributed by atoms with van der Waals surface area (Å²) < 4.78 is 7.64. The van der Waals surface area contributed by atoms with Crippen LogP contribution in [0.15, 0.2) is 60.9 Å². The standard InChI is InChI=1S/C26H26N4O3/c1-19(32)26-28-13-15-30(26)23(18-31)9-4-20-2-5-21(6-3-20)22-7-10-24(11-8-22)33-25-16-29(17-25)14-12-27/h2-3,5-8,10-11,13,15,19,23,25,31-32H,14,16-18H2,1H3/t19-,23-/m0/s1. The van der Waals surface area contributed by atoms with Crippen LogP contribution in [0.5, 0.6) is 5.75 Å². The van der Waals surface area contributed by atoms with Gasteiger partial charge < -0.3 is 19.5 Å². The Balaban J connectivity index is 1.39. The van der Waals surface area contributed by atoms with E-state index in [1.807, 2.05) is 53.4 Å². The third-order valence-electron chi connectivity index (χ3n) is 5.56. The number of likely N-dealkylation sites (tertiary alicyclic amines) is 1. The number of rotatable bonds is 7. The van der Waals surface area contributed by atoms with Crippen LogP contribution in [0.3, 0.4) is 0 Å². The minimum absolute atomic E-state index is 0.142. The molecule has 0 unspecified atom stereocenters. The van der Waals surface area contributed by atoms with Crippen molar-refractivity contribution in [3.63, 3.8) is 0 Å². The largest absolute Gasteiger partial charge is 0.488 e. The molecular formula is C26H26N4O3. The van der Waals surface area contributed by atoms with Crippen molar-refractivity contribution in [2.24, 2.45) is 0 Å². The quantitative estimate of drug-likeness (QED) is 0.432. The normalized spacial score (nSPS) is 15.6. The van der Waals surface area contributed by atoms with E-state index in [1.165, 1.54) is 0 Å². The predicted molar refractivity (Wildman–Crippen MR) is 124 cm³/mol. The molecule has 3 aromatic rings. The van der Waals surface area contributed by atoms with Crippen LogP contribution in [0.2, 0.25) is 0 Å². The predicted octanol–water partition coefficient (Wildman–Crippen LogP) is 2.78. The van der Waals surface area contributed by atoms with Gasteiger partial charge in [0, 0.05) is 31.0 Å². The Labute approximate surface area is 193 Å². The summed E-state index contributed by atoms with van der Waals surface area (Å²) in [4.78, 5) is 6.19. The van der Waals surface area contributed by atoms with Crippen LogP contribution in [0, 0.1) is 23.2 Å². The van der Waals surface area contributed by atoms with E-state index in [9.17, 15) is 10.2 Å². The monoisotopic (exact) mass is 442 g/mol. The van der Waals surface area contributed by atoms with Gasteiger partial charge in [0.1, 0.15) is 29.8 Å². The molecule has 7 nitrogen and oxygen atoms in total. The van der Waals surface area contributed by atoms with Crippen LogP contribution in [0.1, 0.15) is 30.5 Å². The van der Waals surface area contributed by atoms with Crippen molar-refractivity contribution in [3.05, 3.63) is 72.3 Å². The van der Waals surface area contributed by atoms with Gasteiger partial charge in [-0.25, -0.2) is 4.98 Å². The lowest BCUT2D eigenvalue weighted by molar-refractivity contribution is 0.0293. The summed E-state index contributed by atoms with van der Waals surface area (Å²) >= 11 is 0. The number of imidazole rings is 1. The Morgan fingerprint density at radius 1 is 1.12 bits per heavy atom. The zero-order valence-corrected chi connectivity index (χ0v) is 18.4. The van der Waals surface area contributed by atoms with E-state index in [4.69, 9.17) is 10.00 Å². The number of nitrogens with zero attached hydrogens (tertiary/aromatic N) is 4. The third-order valence-corrected chi connectivity index (χ3v) is 5.56. The molecule has 0 saturated carbocycles. The molecule has 2 heterocycles. The fraction of sp³-hybridized carbons (Fsp3) is 0.308. The number of aliphatic hydroxyl groups excluding tert-OH is 2. The summed E-state index contributed by atoms with van der Waals surface area (Å²) in [6.07, 6.45) is 2.71. The van der Waals surface area contributed by atoms with Gasteiger partial charge in [0.25, 0.3) is 0 Å². The minimum atomic E-state index is -0.737. The summed E-state index contributed by atoms with van der Waals surface area (Å²) in [5.74, 6) is 7.47. The van der Waals surface area contributed by atoms with Crippen molar-refractivity contribution in [2.45, 2.75) is 25.2 Å². The molecule has 0 aliphatic carbocycles. The van der Waals surface area contributed by atoms with Gasteiger partial charge in [0.2, 0.25) is 0 Å². The second kappa shape index (κ2) is 10.3. The number of hydrogen-bond acceptors (Lipinski definition) is 6. The highest BCUT2D eigenvalue weighted by Crippen LogP contribution is 2.24. The van der Waals surface area contributed by atoms with Gasteiger partial charge in [-0.15, -0.1) is 0 Å². The van der Waals surface area contributed by atoms with Gasteiger partial charge in [-0.1, -0.05) is 36.1 Å². The lowest BCUT2D eigenvalue weighted by Crippen LogP contribution is -2.53. The molecule has 2 aromatic carbocycles. The fourth-order valence-electron chi connectivity index (χ4n) is 3.77. The van der Waals surface area contributed by atoms with Crippen LogP contribution in [-0.2, 0) is 0 Å². The number of aliphatic hydroxyl groups is 2. The first-order valence-electron chi connectivity index (χ1n) is 10.9. The SMILES string of the molecule is C[C@H](O)c1nccn1[C@@H](C#Cc1ccc(-c2ccc(OC3CN(CC#N)C3)cc2)cc1)CO. The molecule has 1 aromatic heterocycles. The Kier molecular flexibility index (Phi) is 7.07. The lowest BCUT2D eigenvalue weighted by Gasteiger charge is -2.37. The van der Waals surface area contributed by atoms with E-state index >= 15 is 0 Å². The first-order valence-corrected chi connectivity index (χ1v) is 10.9. The van der Waals surface area contributed by atoms with Gasteiger partial charge in [-0.05, 0) is 42.3 Å². The van der Waals surface area contributed by atoms with Gasteiger partial charge in [0.05, 0.1) is 19.2 Å². The zero-order valence-electron chi connectivity index (χ0n) is 18.4. The van der Waals surface area contributed by atoms with Crippen molar-refractivity contribution < 1.29 is 14.9 Å². The summed E-state index contributed by atoms with van der Waals surface area (Å²) in [6.45, 7) is 3.49. The molecule has 2 N–H and O–H groups in total. The van der Waals surface area contributed by atoms with E-state index < -0.39 is 12.1 Å². The third kappa shape index (κ3) is 5.42. The molecule has 0 amide bonds. The van der Waals surface area contributed by atoms with Crippen molar-refractivity contribution in [2.75, 3.05) is 26.2 Å². The molecule has 1 fully saturated rings. The molecule has 0 bridgehead atoms. The molecule has 0 radical (unpaired) electrons. The number of hydrogen-bond donors (Lipinski definition) is 2. The summed E-state index contributed by atoms with van der Waals surface area (Å²) in [5, 5.41) is 28.3. The molecule has 33 heavy (non-hydrogen) atoms. The topological polar surface area (TPSA) is 94.5 Å². The summed E-state index contributed by atoms with van der Waals surface area (Å²) in [7, 11) is 0. The summed E-state index contributed by atoms with van der Waals surface area (Å²) in [6, 6.07) is 17.6. The minimum Gasteiger partial charge on any atom is -0.488 e. The van der Waals surface area contributed by atoms with Gasteiger partial charge in [-0.3, -0.25) is 4.90 Å². The Bertz CT molecular complexity index is 1160.